The van der Waals surface area contributed by atoms with E-state index in [4.69, 9.17) is 20.8 Å². The fourth-order valence-electron chi connectivity index (χ4n) is 4.07. The van der Waals surface area contributed by atoms with Gasteiger partial charge in [-0.25, -0.2) is 4.79 Å². The van der Waals surface area contributed by atoms with Gasteiger partial charge in [0.05, 0.1) is 5.02 Å². The van der Waals surface area contributed by atoms with Crippen molar-refractivity contribution in [2.24, 2.45) is 0 Å². The molecule has 0 N–H and O–H groups in total. The van der Waals surface area contributed by atoms with Crippen LogP contribution in [0.2, 0.25) is 5.02 Å². The van der Waals surface area contributed by atoms with Gasteiger partial charge in [-0.2, -0.15) is 0 Å². The Morgan fingerprint density at radius 2 is 1.45 bits per heavy atom. The SMILES string of the molecule is Cc1c(C)c(C)c(COc2cc3oc(=O)cc(-c4ccccc4)c3cc2Cl)c(C)c1C. The summed E-state index contributed by atoms with van der Waals surface area (Å²) in [6, 6.07) is 14.7. The molecule has 0 bridgehead atoms. The summed E-state index contributed by atoms with van der Waals surface area (Å²) in [4.78, 5) is 12.2. The van der Waals surface area contributed by atoms with Crippen molar-refractivity contribution in [2.45, 2.75) is 41.2 Å². The van der Waals surface area contributed by atoms with Crippen molar-refractivity contribution >= 4 is 22.6 Å². The van der Waals surface area contributed by atoms with Crippen molar-refractivity contribution in [3.05, 3.63) is 97.4 Å². The lowest BCUT2D eigenvalue weighted by atomic mass is 9.90. The zero-order valence-electron chi connectivity index (χ0n) is 18.4. The second kappa shape index (κ2) is 8.24. The summed E-state index contributed by atoms with van der Waals surface area (Å²) in [5.41, 5.74) is 9.28. The fraction of sp³-hybridized carbons (Fsp3) is 0.222. The Balaban J connectivity index is 1.76. The first-order valence-corrected chi connectivity index (χ1v) is 10.7. The van der Waals surface area contributed by atoms with Crippen LogP contribution < -0.4 is 10.4 Å². The maximum atomic E-state index is 12.2. The molecule has 0 aliphatic rings. The van der Waals surface area contributed by atoms with E-state index in [-0.39, 0.29) is 0 Å². The van der Waals surface area contributed by atoms with Crippen molar-refractivity contribution in [1.29, 1.82) is 0 Å². The van der Waals surface area contributed by atoms with Gasteiger partial charge in [0.2, 0.25) is 0 Å². The summed E-state index contributed by atoms with van der Waals surface area (Å²) in [6.07, 6.45) is 0. The highest BCUT2D eigenvalue weighted by Crippen LogP contribution is 2.36. The van der Waals surface area contributed by atoms with E-state index in [2.05, 4.69) is 34.6 Å². The van der Waals surface area contributed by atoms with Gasteiger partial charge in [-0.05, 0) is 85.2 Å². The molecule has 0 aliphatic heterocycles. The first-order valence-electron chi connectivity index (χ1n) is 10.3. The van der Waals surface area contributed by atoms with Crippen LogP contribution in [0, 0.1) is 34.6 Å². The van der Waals surface area contributed by atoms with Crippen molar-refractivity contribution in [1.82, 2.24) is 0 Å². The van der Waals surface area contributed by atoms with E-state index in [0.29, 0.717) is 23.0 Å². The van der Waals surface area contributed by atoms with Crippen LogP contribution >= 0.6 is 11.6 Å². The van der Waals surface area contributed by atoms with Crippen molar-refractivity contribution in [3.63, 3.8) is 0 Å². The standard InChI is InChI=1S/C27H25ClO3/c1-15-16(2)18(4)23(19(5)17(15)3)14-30-26-13-25-22(11-24(26)28)21(12-27(29)31-25)20-9-7-6-8-10-20/h6-13H,14H2,1-5H3. The summed E-state index contributed by atoms with van der Waals surface area (Å²) in [5.74, 6) is 0.497. The maximum Gasteiger partial charge on any atom is 0.336 e. The molecule has 1 heterocycles. The number of fused-ring (bicyclic) bond motifs is 1. The van der Waals surface area contributed by atoms with Crippen molar-refractivity contribution < 1.29 is 9.15 Å². The van der Waals surface area contributed by atoms with Gasteiger partial charge >= 0.3 is 5.63 Å². The molecular weight excluding hydrogens is 408 g/mol. The highest BCUT2D eigenvalue weighted by molar-refractivity contribution is 6.33. The summed E-state index contributed by atoms with van der Waals surface area (Å²) >= 11 is 6.59. The molecule has 0 unspecified atom stereocenters. The van der Waals surface area contributed by atoms with Crippen LogP contribution in [0.5, 0.6) is 5.75 Å². The van der Waals surface area contributed by atoms with Crippen LogP contribution in [0.1, 0.15) is 33.4 Å². The molecule has 0 saturated carbocycles. The maximum absolute atomic E-state index is 12.2. The zero-order valence-corrected chi connectivity index (χ0v) is 19.2. The minimum Gasteiger partial charge on any atom is -0.487 e. The number of hydrogen-bond acceptors (Lipinski definition) is 3. The molecule has 0 atom stereocenters. The first kappa shape index (κ1) is 21.2. The molecule has 4 heteroatoms. The zero-order chi connectivity index (χ0) is 22.3. The van der Waals surface area contributed by atoms with E-state index < -0.39 is 5.63 Å². The molecule has 3 nitrogen and oxygen atoms in total. The van der Waals surface area contributed by atoms with Crippen LogP contribution in [-0.4, -0.2) is 0 Å². The van der Waals surface area contributed by atoms with Gasteiger partial charge in [0, 0.05) is 17.5 Å². The topological polar surface area (TPSA) is 39.4 Å². The fourth-order valence-corrected chi connectivity index (χ4v) is 4.29. The number of rotatable bonds is 4. The van der Waals surface area contributed by atoms with E-state index in [1.54, 1.807) is 6.07 Å². The third-order valence-electron chi connectivity index (χ3n) is 6.41. The molecule has 0 spiro atoms. The van der Waals surface area contributed by atoms with Gasteiger partial charge in [0.15, 0.2) is 0 Å². The molecule has 0 fully saturated rings. The first-order chi connectivity index (χ1) is 14.8. The molecule has 3 aromatic carbocycles. The van der Waals surface area contributed by atoms with E-state index in [1.165, 1.54) is 33.9 Å². The van der Waals surface area contributed by atoms with E-state index in [1.807, 2.05) is 36.4 Å². The molecule has 0 aliphatic carbocycles. The van der Waals surface area contributed by atoms with Crippen LogP contribution in [0.3, 0.4) is 0 Å². The average molecular weight is 433 g/mol. The van der Waals surface area contributed by atoms with Crippen LogP contribution in [0.4, 0.5) is 0 Å². The van der Waals surface area contributed by atoms with Gasteiger partial charge in [0.25, 0.3) is 0 Å². The third-order valence-corrected chi connectivity index (χ3v) is 6.70. The predicted octanol–water partition coefficient (Wildman–Crippen LogP) is 7.23. The summed E-state index contributed by atoms with van der Waals surface area (Å²) in [6.45, 7) is 11.1. The lowest BCUT2D eigenvalue weighted by molar-refractivity contribution is 0.304. The average Bonchev–Trinajstić information content (AvgIpc) is 2.77. The molecule has 31 heavy (non-hydrogen) atoms. The molecule has 158 valence electrons. The molecule has 4 aromatic rings. The van der Waals surface area contributed by atoms with Crippen molar-refractivity contribution in [2.75, 3.05) is 0 Å². The molecule has 0 amide bonds. The van der Waals surface area contributed by atoms with E-state index in [0.717, 1.165) is 22.1 Å². The van der Waals surface area contributed by atoms with Gasteiger partial charge in [-0.15, -0.1) is 0 Å². The number of benzene rings is 3. The lowest BCUT2D eigenvalue weighted by Gasteiger charge is -2.19. The number of halogens is 1. The monoisotopic (exact) mass is 432 g/mol. The molecule has 0 saturated heterocycles. The number of hydrogen-bond donors (Lipinski definition) is 0. The Bertz CT molecular complexity index is 1320. The largest absolute Gasteiger partial charge is 0.487 e. The van der Waals surface area contributed by atoms with Gasteiger partial charge in [-0.1, -0.05) is 41.9 Å². The molecule has 4 rings (SSSR count). The quantitative estimate of drug-likeness (QED) is 0.319. The summed E-state index contributed by atoms with van der Waals surface area (Å²) in [5, 5.41) is 1.26. The molecule has 1 aromatic heterocycles. The minimum absolute atomic E-state index is 0.396. The van der Waals surface area contributed by atoms with E-state index in [9.17, 15) is 4.79 Å². The Kier molecular flexibility index (Phi) is 5.63. The number of ether oxygens (including phenoxy) is 1. The van der Waals surface area contributed by atoms with Crippen molar-refractivity contribution in [3.8, 4) is 16.9 Å². The lowest BCUT2D eigenvalue weighted by Crippen LogP contribution is -2.06. The highest BCUT2D eigenvalue weighted by atomic mass is 35.5. The van der Waals surface area contributed by atoms with Crippen LogP contribution in [0.15, 0.2) is 57.7 Å². The van der Waals surface area contributed by atoms with Gasteiger partial charge in [0.1, 0.15) is 17.9 Å². The van der Waals surface area contributed by atoms with Gasteiger partial charge in [-0.3, -0.25) is 0 Å². The Hall–Kier alpha value is -3.04. The smallest absolute Gasteiger partial charge is 0.336 e. The second-order valence-electron chi connectivity index (χ2n) is 8.02. The predicted molar refractivity (Wildman–Crippen MR) is 127 cm³/mol. The van der Waals surface area contributed by atoms with Crippen LogP contribution in [0.25, 0.3) is 22.1 Å². The Labute approximate surface area is 187 Å². The van der Waals surface area contributed by atoms with Crippen LogP contribution in [-0.2, 0) is 6.61 Å². The van der Waals surface area contributed by atoms with E-state index >= 15 is 0 Å². The van der Waals surface area contributed by atoms with Gasteiger partial charge < -0.3 is 9.15 Å². The molecular formula is C27H25ClO3. The normalized spacial score (nSPS) is 11.2. The highest BCUT2D eigenvalue weighted by Gasteiger charge is 2.15. The second-order valence-corrected chi connectivity index (χ2v) is 8.42. The Morgan fingerprint density at radius 1 is 0.839 bits per heavy atom. The Morgan fingerprint density at radius 3 is 2.10 bits per heavy atom. The third kappa shape index (κ3) is 3.86. The minimum atomic E-state index is -0.406. The molecule has 0 radical (unpaired) electrons. The summed E-state index contributed by atoms with van der Waals surface area (Å²) < 4.78 is 11.6. The summed E-state index contributed by atoms with van der Waals surface area (Å²) in [7, 11) is 0.